The zero-order valence-corrected chi connectivity index (χ0v) is 15.7. The Hall–Kier alpha value is -1.89. The maximum atomic E-state index is 12.4. The van der Waals surface area contributed by atoms with Crippen LogP contribution >= 0.6 is 0 Å². The van der Waals surface area contributed by atoms with E-state index in [2.05, 4.69) is 17.3 Å². The summed E-state index contributed by atoms with van der Waals surface area (Å²) in [6, 6.07) is 1.85. The number of fused-ring (bicyclic) bond motifs is 1. The summed E-state index contributed by atoms with van der Waals surface area (Å²) in [5.74, 6) is 0.712. The molecule has 2 aliphatic heterocycles. The first-order valence-corrected chi connectivity index (χ1v) is 9.82. The van der Waals surface area contributed by atoms with E-state index in [1.54, 1.807) is 6.20 Å². The summed E-state index contributed by atoms with van der Waals surface area (Å²) in [6.45, 7) is 5.51. The summed E-state index contributed by atoms with van der Waals surface area (Å²) >= 11 is 0. The van der Waals surface area contributed by atoms with Crippen LogP contribution in [0, 0.1) is 5.92 Å². The number of unbranched alkanes of at least 4 members (excludes halogenated alkanes) is 1. The standard InChI is InChI=1S/C19H30N4O3/c1-2-3-4-19(25)22-13-16-5-8-21-23(16)17(14-22)11-18(24)20-12-15-6-9-26-10-7-15/h5,8,15,17H,2-4,6-7,9-14H2,1H3,(H,20,24)/t17-/m0/s1. The second-order valence-corrected chi connectivity index (χ2v) is 7.36. The highest BCUT2D eigenvalue weighted by Crippen LogP contribution is 2.24. The summed E-state index contributed by atoms with van der Waals surface area (Å²) < 4.78 is 7.27. The molecule has 0 radical (unpaired) electrons. The van der Waals surface area contributed by atoms with Crippen LogP contribution in [0.2, 0.25) is 0 Å². The highest BCUT2D eigenvalue weighted by Gasteiger charge is 2.29. The van der Waals surface area contributed by atoms with Crippen molar-refractivity contribution < 1.29 is 14.3 Å². The van der Waals surface area contributed by atoms with E-state index in [4.69, 9.17) is 4.74 Å². The average Bonchev–Trinajstić information content (AvgIpc) is 3.14. The summed E-state index contributed by atoms with van der Waals surface area (Å²) in [6.07, 6.45) is 6.62. The number of carbonyl (C=O) groups excluding carboxylic acids is 2. The van der Waals surface area contributed by atoms with Gasteiger partial charge in [0.15, 0.2) is 0 Å². The minimum atomic E-state index is -0.0889. The van der Waals surface area contributed by atoms with Crippen LogP contribution in [-0.4, -0.2) is 52.8 Å². The summed E-state index contributed by atoms with van der Waals surface area (Å²) in [4.78, 5) is 26.8. The van der Waals surface area contributed by atoms with E-state index >= 15 is 0 Å². The Bertz CT molecular complexity index is 610. The first-order valence-electron chi connectivity index (χ1n) is 9.82. The van der Waals surface area contributed by atoms with Crippen LogP contribution < -0.4 is 5.32 Å². The van der Waals surface area contributed by atoms with Gasteiger partial charge in [-0.1, -0.05) is 13.3 Å². The van der Waals surface area contributed by atoms with Gasteiger partial charge < -0.3 is 15.0 Å². The summed E-state index contributed by atoms with van der Waals surface area (Å²) in [5.41, 5.74) is 1.00. The molecule has 0 saturated carbocycles. The second kappa shape index (κ2) is 9.16. The van der Waals surface area contributed by atoms with Gasteiger partial charge in [0.1, 0.15) is 0 Å². The van der Waals surface area contributed by atoms with E-state index in [0.717, 1.165) is 44.6 Å². The average molecular weight is 362 g/mol. The molecular weight excluding hydrogens is 332 g/mol. The van der Waals surface area contributed by atoms with Gasteiger partial charge in [-0.3, -0.25) is 14.3 Å². The largest absolute Gasteiger partial charge is 0.381 e. The molecule has 1 fully saturated rings. The predicted molar refractivity (Wildman–Crippen MR) is 97.4 cm³/mol. The Morgan fingerprint density at radius 3 is 2.92 bits per heavy atom. The summed E-state index contributed by atoms with van der Waals surface area (Å²) in [7, 11) is 0. The Balaban J connectivity index is 1.55. The van der Waals surface area contributed by atoms with Gasteiger partial charge in [0.2, 0.25) is 11.8 Å². The molecule has 0 aliphatic carbocycles. The zero-order valence-electron chi connectivity index (χ0n) is 15.7. The monoisotopic (exact) mass is 362 g/mol. The number of nitrogens with one attached hydrogen (secondary N) is 1. The first kappa shape index (κ1) is 18.9. The minimum Gasteiger partial charge on any atom is -0.381 e. The number of rotatable bonds is 7. The summed E-state index contributed by atoms with van der Waals surface area (Å²) in [5, 5.41) is 7.44. The van der Waals surface area contributed by atoms with Gasteiger partial charge in [0.25, 0.3) is 0 Å². The number of hydrogen-bond donors (Lipinski definition) is 1. The van der Waals surface area contributed by atoms with Gasteiger partial charge in [-0.15, -0.1) is 0 Å². The Labute approximate surface area is 155 Å². The van der Waals surface area contributed by atoms with Crippen molar-refractivity contribution >= 4 is 11.8 Å². The molecule has 0 aromatic carbocycles. The third kappa shape index (κ3) is 4.84. The van der Waals surface area contributed by atoms with E-state index < -0.39 is 0 Å². The molecule has 1 atom stereocenters. The first-order chi connectivity index (χ1) is 12.7. The van der Waals surface area contributed by atoms with Crippen LogP contribution in [0.3, 0.4) is 0 Å². The number of ether oxygens (including phenoxy) is 1. The van der Waals surface area contributed by atoms with Gasteiger partial charge in [0.05, 0.1) is 24.7 Å². The second-order valence-electron chi connectivity index (χ2n) is 7.36. The smallest absolute Gasteiger partial charge is 0.222 e. The van der Waals surface area contributed by atoms with Crippen molar-refractivity contribution in [3.05, 3.63) is 18.0 Å². The molecule has 1 saturated heterocycles. The third-order valence-electron chi connectivity index (χ3n) is 5.33. The Kier molecular flexibility index (Phi) is 6.66. The maximum Gasteiger partial charge on any atom is 0.222 e. The fourth-order valence-electron chi connectivity index (χ4n) is 3.71. The van der Waals surface area contributed by atoms with Gasteiger partial charge in [0, 0.05) is 38.9 Å². The quantitative estimate of drug-likeness (QED) is 0.804. The van der Waals surface area contributed by atoms with Crippen LogP contribution in [0.4, 0.5) is 0 Å². The van der Waals surface area contributed by atoms with E-state index in [1.807, 2.05) is 15.6 Å². The number of aromatic nitrogens is 2. The van der Waals surface area contributed by atoms with Crippen LogP contribution in [-0.2, 0) is 20.9 Å². The molecule has 0 unspecified atom stereocenters. The number of amides is 2. The van der Waals surface area contributed by atoms with Crippen molar-refractivity contribution in [1.82, 2.24) is 20.0 Å². The van der Waals surface area contributed by atoms with Crippen LogP contribution in [0.1, 0.15) is 57.2 Å². The van der Waals surface area contributed by atoms with Crippen molar-refractivity contribution in [3.8, 4) is 0 Å². The lowest BCUT2D eigenvalue weighted by Gasteiger charge is -2.34. The van der Waals surface area contributed by atoms with Crippen molar-refractivity contribution in [2.75, 3.05) is 26.3 Å². The molecule has 0 spiro atoms. The molecule has 3 rings (SSSR count). The van der Waals surface area contributed by atoms with Gasteiger partial charge >= 0.3 is 0 Å². The van der Waals surface area contributed by atoms with E-state index in [0.29, 0.717) is 38.4 Å². The molecule has 1 aromatic heterocycles. The normalized spacial score (nSPS) is 20.7. The molecule has 7 nitrogen and oxygen atoms in total. The lowest BCUT2D eigenvalue weighted by Crippen LogP contribution is -2.43. The Morgan fingerprint density at radius 1 is 1.35 bits per heavy atom. The SMILES string of the molecule is CCCCC(=O)N1Cc2ccnn2[C@@H](CC(=O)NCC2CCOCC2)C1. The number of carbonyl (C=O) groups is 2. The predicted octanol–water partition coefficient (Wildman–Crippen LogP) is 1.89. The molecule has 26 heavy (non-hydrogen) atoms. The number of nitrogens with zero attached hydrogens (tertiary/aromatic N) is 3. The molecule has 144 valence electrons. The molecule has 7 heteroatoms. The molecule has 1 aromatic rings. The maximum absolute atomic E-state index is 12.4. The highest BCUT2D eigenvalue weighted by molar-refractivity contribution is 5.78. The van der Waals surface area contributed by atoms with E-state index in [1.165, 1.54) is 0 Å². The van der Waals surface area contributed by atoms with E-state index in [9.17, 15) is 9.59 Å². The van der Waals surface area contributed by atoms with Crippen LogP contribution in [0.25, 0.3) is 0 Å². The molecule has 2 aliphatic rings. The third-order valence-corrected chi connectivity index (χ3v) is 5.33. The lowest BCUT2D eigenvalue weighted by atomic mass is 10.0. The van der Waals surface area contributed by atoms with Crippen molar-refractivity contribution in [3.63, 3.8) is 0 Å². The van der Waals surface area contributed by atoms with Crippen LogP contribution in [0.5, 0.6) is 0 Å². The van der Waals surface area contributed by atoms with Crippen molar-refractivity contribution in [2.24, 2.45) is 5.92 Å². The molecule has 2 amide bonds. The molecule has 1 N–H and O–H groups in total. The van der Waals surface area contributed by atoms with Crippen molar-refractivity contribution in [1.29, 1.82) is 0 Å². The fourth-order valence-corrected chi connectivity index (χ4v) is 3.71. The highest BCUT2D eigenvalue weighted by atomic mass is 16.5. The lowest BCUT2D eigenvalue weighted by molar-refractivity contribution is -0.134. The molecule has 3 heterocycles. The minimum absolute atomic E-state index is 0.0331. The van der Waals surface area contributed by atoms with Gasteiger partial charge in [-0.05, 0) is 31.2 Å². The van der Waals surface area contributed by atoms with E-state index in [-0.39, 0.29) is 17.9 Å². The van der Waals surface area contributed by atoms with Crippen molar-refractivity contribution in [2.45, 2.75) is 58.0 Å². The zero-order chi connectivity index (χ0) is 18.4. The molecular formula is C19H30N4O3. The molecule has 0 bridgehead atoms. The Morgan fingerprint density at radius 2 is 2.15 bits per heavy atom. The van der Waals surface area contributed by atoms with Crippen LogP contribution in [0.15, 0.2) is 12.3 Å². The van der Waals surface area contributed by atoms with Gasteiger partial charge in [-0.25, -0.2) is 0 Å². The number of hydrogen-bond acceptors (Lipinski definition) is 4. The van der Waals surface area contributed by atoms with Gasteiger partial charge in [-0.2, -0.15) is 5.10 Å². The fraction of sp³-hybridized carbons (Fsp3) is 0.737. The topological polar surface area (TPSA) is 76.5 Å².